The first-order valence-electron chi connectivity index (χ1n) is 6.43. The number of carbonyl (C=O) groups excluding carboxylic acids is 1. The molecule has 0 unspecified atom stereocenters. The molecule has 114 valence electrons. The van der Waals surface area contributed by atoms with E-state index in [0.29, 0.717) is 10.6 Å². The molecule has 1 amide bonds. The van der Waals surface area contributed by atoms with Crippen LogP contribution in [0.3, 0.4) is 0 Å². The number of nitrogens with one attached hydrogen (secondary N) is 1. The Labute approximate surface area is 136 Å². The zero-order chi connectivity index (χ0) is 16.8. The van der Waals surface area contributed by atoms with E-state index in [1.807, 2.05) is 0 Å². The van der Waals surface area contributed by atoms with Crippen molar-refractivity contribution in [3.8, 4) is 6.07 Å². The van der Waals surface area contributed by atoms with Gasteiger partial charge in [0.05, 0.1) is 4.92 Å². The number of hydrogen-bond donors (Lipinski definition) is 1. The van der Waals surface area contributed by atoms with Crippen molar-refractivity contribution in [1.29, 1.82) is 5.26 Å². The molecular formula is C16H10ClN3O3. The van der Waals surface area contributed by atoms with Gasteiger partial charge >= 0.3 is 0 Å². The Hall–Kier alpha value is -3.17. The highest BCUT2D eigenvalue weighted by molar-refractivity contribution is 6.30. The monoisotopic (exact) mass is 327 g/mol. The van der Waals surface area contributed by atoms with Crippen LogP contribution < -0.4 is 5.32 Å². The minimum absolute atomic E-state index is 0.126. The Morgan fingerprint density at radius 3 is 2.57 bits per heavy atom. The van der Waals surface area contributed by atoms with E-state index in [9.17, 15) is 14.9 Å². The lowest BCUT2D eigenvalue weighted by Gasteiger charge is -2.04. The summed E-state index contributed by atoms with van der Waals surface area (Å²) < 4.78 is 0. The lowest BCUT2D eigenvalue weighted by atomic mass is 10.1. The second-order valence-corrected chi connectivity index (χ2v) is 4.92. The van der Waals surface area contributed by atoms with Gasteiger partial charge in [-0.2, -0.15) is 5.26 Å². The van der Waals surface area contributed by atoms with E-state index in [0.717, 1.165) is 0 Å². The molecule has 0 heterocycles. The van der Waals surface area contributed by atoms with E-state index < -0.39 is 10.8 Å². The maximum absolute atomic E-state index is 12.1. The maximum atomic E-state index is 12.1. The van der Waals surface area contributed by atoms with Gasteiger partial charge in [-0.3, -0.25) is 14.9 Å². The summed E-state index contributed by atoms with van der Waals surface area (Å²) in [4.78, 5) is 22.2. The standard InChI is InChI=1S/C16H10ClN3O3/c17-13-6-4-11(5-7-13)8-12(10-18)16(21)19-14-2-1-3-15(9-14)20(22)23/h1-9H,(H,19,21)/b12-8+. The van der Waals surface area contributed by atoms with Crippen LogP contribution in [-0.4, -0.2) is 10.8 Å². The third kappa shape index (κ3) is 4.40. The summed E-state index contributed by atoms with van der Waals surface area (Å²) in [7, 11) is 0. The van der Waals surface area contributed by atoms with Crippen molar-refractivity contribution in [1.82, 2.24) is 0 Å². The van der Waals surface area contributed by atoms with Crippen LogP contribution in [0.1, 0.15) is 5.56 Å². The molecule has 0 aliphatic rings. The first kappa shape index (κ1) is 16.2. The molecule has 1 N–H and O–H groups in total. The fourth-order valence-corrected chi connectivity index (χ4v) is 1.90. The fraction of sp³-hybridized carbons (Fsp3) is 0. The molecule has 2 aromatic rings. The van der Waals surface area contributed by atoms with Crippen molar-refractivity contribution in [2.75, 3.05) is 5.32 Å². The fourth-order valence-electron chi connectivity index (χ4n) is 1.77. The molecule has 23 heavy (non-hydrogen) atoms. The number of hydrogen-bond acceptors (Lipinski definition) is 4. The molecule has 6 nitrogen and oxygen atoms in total. The molecule has 2 rings (SSSR count). The molecule has 0 aliphatic heterocycles. The number of anilines is 1. The third-order valence-electron chi connectivity index (χ3n) is 2.86. The van der Waals surface area contributed by atoms with Gasteiger partial charge < -0.3 is 5.32 Å². The van der Waals surface area contributed by atoms with Gasteiger partial charge in [-0.1, -0.05) is 29.8 Å². The number of nitro benzene ring substituents is 1. The average Bonchev–Trinajstić information content (AvgIpc) is 2.54. The number of nitrogens with zero attached hydrogens (tertiary/aromatic N) is 2. The van der Waals surface area contributed by atoms with Crippen molar-refractivity contribution < 1.29 is 9.72 Å². The number of amides is 1. The van der Waals surface area contributed by atoms with Crippen molar-refractivity contribution in [3.63, 3.8) is 0 Å². The molecule has 0 bridgehead atoms. The van der Waals surface area contributed by atoms with Gasteiger partial charge in [0, 0.05) is 22.8 Å². The molecule has 0 aliphatic carbocycles. The van der Waals surface area contributed by atoms with E-state index in [2.05, 4.69) is 5.32 Å². The molecule has 0 saturated heterocycles. The van der Waals surface area contributed by atoms with Crippen LogP contribution in [0.4, 0.5) is 11.4 Å². The van der Waals surface area contributed by atoms with Gasteiger partial charge in [0.1, 0.15) is 11.6 Å². The Morgan fingerprint density at radius 2 is 1.96 bits per heavy atom. The molecule has 0 atom stereocenters. The largest absolute Gasteiger partial charge is 0.321 e. The van der Waals surface area contributed by atoms with Gasteiger partial charge in [-0.05, 0) is 29.8 Å². The van der Waals surface area contributed by atoms with Crippen molar-refractivity contribution in [2.24, 2.45) is 0 Å². The maximum Gasteiger partial charge on any atom is 0.271 e. The predicted molar refractivity (Wildman–Crippen MR) is 86.8 cm³/mol. The van der Waals surface area contributed by atoms with Crippen molar-refractivity contribution >= 4 is 35.0 Å². The third-order valence-corrected chi connectivity index (χ3v) is 3.11. The lowest BCUT2D eigenvalue weighted by molar-refractivity contribution is -0.384. The lowest BCUT2D eigenvalue weighted by Crippen LogP contribution is -2.13. The minimum Gasteiger partial charge on any atom is -0.321 e. The van der Waals surface area contributed by atoms with Crippen LogP contribution >= 0.6 is 11.6 Å². The minimum atomic E-state index is -0.650. The highest BCUT2D eigenvalue weighted by atomic mass is 35.5. The number of halogens is 1. The molecule has 0 saturated carbocycles. The summed E-state index contributed by atoms with van der Waals surface area (Å²) in [5.41, 5.74) is 0.600. The number of rotatable bonds is 4. The smallest absolute Gasteiger partial charge is 0.271 e. The quantitative estimate of drug-likeness (QED) is 0.400. The number of benzene rings is 2. The summed E-state index contributed by atoms with van der Waals surface area (Å²) in [5.74, 6) is -0.650. The number of carbonyl (C=O) groups is 1. The zero-order valence-electron chi connectivity index (χ0n) is 11.7. The summed E-state index contributed by atoms with van der Waals surface area (Å²) in [6.07, 6.45) is 1.41. The summed E-state index contributed by atoms with van der Waals surface area (Å²) in [6.45, 7) is 0. The zero-order valence-corrected chi connectivity index (χ0v) is 12.4. The Bertz CT molecular complexity index is 823. The first-order chi connectivity index (χ1) is 11.0. The number of nitriles is 1. The van der Waals surface area contributed by atoms with Crippen LogP contribution in [0, 0.1) is 21.4 Å². The Kier molecular flexibility index (Phi) is 5.07. The Balaban J connectivity index is 2.21. The van der Waals surface area contributed by atoms with Crippen molar-refractivity contribution in [3.05, 3.63) is 74.8 Å². The van der Waals surface area contributed by atoms with Crippen LogP contribution in [0.15, 0.2) is 54.1 Å². The molecule has 0 fully saturated rings. The topological polar surface area (TPSA) is 96.0 Å². The van der Waals surface area contributed by atoms with Crippen LogP contribution in [-0.2, 0) is 4.79 Å². The van der Waals surface area contributed by atoms with Gasteiger partial charge in [0.15, 0.2) is 0 Å². The van der Waals surface area contributed by atoms with Crippen LogP contribution in [0.2, 0.25) is 5.02 Å². The highest BCUT2D eigenvalue weighted by Crippen LogP contribution is 2.18. The predicted octanol–water partition coefficient (Wildman–Crippen LogP) is 3.79. The summed E-state index contributed by atoms with van der Waals surface area (Å²) in [5, 5.41) is 22.8. The van der Waals surface area contributed by atoms with Gasteiger partial charge in [-0.25, -0.2) is 0 Å². The van der Waals surface area contributed by atoms with Gasteiger partial charge in [-0.15, -0.1) is 0 Å². The molecular weight excluding hydrogens is 318 g/mol. The van der Waals surface area contributed by atoms with E-state index in [-0.39, 0.29) is 16.9 Å². The Morgan fingerprint density at radius 1 is 1.26 bits per heavy atom. The summed E-state index contributed by atoms with van der Waals surface area (Å²) >= 11 is 5.77. The van der Waals surface area contributed by atoms with Crippen LogP contribution in [0.5, 0.6) is 0 Å². The molecule has 2 aromatic carbocycles. The van der Waals surface area contributed by atoms with Gasteiger partial charge in [0.25, 0.3) is 11.6 Å². The summed E-state index contributed by atoms with van der Waals surface area (Å²) in [6, 6.07) is 13.9. The first-order valence-corrected chi connectivity index (χ1v) is 6.80. The molecule has 0 spiro atoms. The molecule has 0 aromatic heterocycles. The number of non-ortho nitro benzene ring substituents is 1. The second kappa shape index (κ2) is 7.20. The van der Waals surface area contributed by atoms with Crippen molar-refractivity contribution in [2.45, 2.75) is 0 Å². The molecule has 0 radical (unpaired) electrons. The van der Waals surface area contributed by atoms with Crippen LogP contribution in [0.25, 0.3) is 6.08 Å². The normalized spacial score (nSPS) is 10.7. The average molecular weight is 328 g/mol. The van der Waals surface area contributed by atoms with E-state index in [1.165, 1.54) is 30.3 Å². The van der Waals surface area contributed by atoms with E-state index >= 15 is 0 Å². The molecule has 7 heteroatoms. The van der Waals surface area contributed by atoms with E-state index in [4.69, 9.17) is 16.9 Å². The van der Waals surface area contributed by atoms with E-state index in [1.54, 1.807) is 30.3 Å². The second-order valence-electron chi connectivity index (χ2n) is 4.48. The van der Waals surface area contributed by atoms with Gasteiger partial charge in [0.2, 0.25) is 0 Å². The highest BCUT2D eigenvalue weighted by Gasteiger charge is 2.12. The SMILES string of the molecule is N#C/C(=C\c1ccc(Cl)cc1)C(=O)Nc1cccc([N+](=O)[O-])c1. The number of nitro groups is 1.